The number of aryl methyl sites for hydroxylation is 2. The van der Waals surface area contributed by atoms with Gasteiger partial charge in [-0.2, -0.15) is 0 Å². The van der Waals surface area contributed by atoms with Crippen molar-refractivity contribution in [2.45, 2.75) is 33.1 Å². The number of carbonyl (C=O) groups is 2. The molecular weight excluding hydrogens is 346 g/mol. The van der Waals surface area contributed by atoms with E-state index in [1.54, 1.807) is 0 Å². The monoisotopic (exact) mass is 367 g/mol. The van der Waals surface area contributed by atoms with Crippen molar-refractivity contribution >= 4 is 44.2 Å². The zero-order chi connectivity index (χ0) is 18.5. The van der Waals surface area contributed by atoms with Gasteiger partial charge in [0.05, 0.1) is 10.2 Å². The minimum absolute atomic E-state index is 0.00380. The van der Waals surface area contributed by atoms with Crippen LogP contribution in [0.2, 0.25) is 0 Å². The molecule has 0 bridgehead atoms. The number of rotatable bonds is 6. The van der Waals surface area contributed by atoms with Crippen LogP contribution < -0.4 is 10.6 Å². The van der Waals surface area contributed by atoms with E-state index in [9.17, 15) is 9.59 Å². The van der Waals surface area contributed by atoms with Gasteiger partial charge in [-0.3, -0.25) is 9.59 Å². The van der Waals surface area contributed by atoms with E-state index in [0.29, 0.717) is 24.4 Å². The number of amides is 2. The van der Waals surface area contributed by atoms with Crippen molar-refractivity contribution in [3.8, 4) is 0 Å². The molecule has 2 amide bonds. The molecule has 1 heterocycles. The number of hydrogen-bond donors (Lipinski definition) is 2. The first kappa shape index (κ1) is 18.1. The van der Waals surface area contributed by atoms with Crippen molar-refractivity contribution in [3.63, 3.8) is 0 Å². The smallest absolute Gasteiger partial charge is 0.225 e. The van der Waals surface area contributed by atoms with Gasteiger partial charge < -0.3 is 10.6 Å². The third kappa shape index (κ3) is 4.67. The van der Waals surface area contributed by atoms with Gasteiger partial charge in [-0.1, -0.05) is 36.5 Å². The van der Waals surface area contributed by atoms with Gasteiger partial charge in [0.1, 0.15) is 0 Å². The van der Waals surface area contributed by atoms with Crippen LogP contribution in [-0.4, -0.2) is 16.8 Å². The summed E-state index contributed by atoms with van der Waals surface area (Å²) in [6.07, 6.45) is 1.50. The van der Waals surface area contributed by atoms with Crippen molar-refractivity contribution in [3.05, 3.63) is 53.6 Å². The Morgan fingerprint density at radius 2 is 1.92 bits per heavy atom. The second-order valence-electron chi connectivity index (χ2n) is 6.14. The number of nitrogens with one attached hydrogen (secondary N) is 2. The van der Waals surface area contributed by atoms with Crippen LogP contribution in [-0.2, 0) is 16.0 Å². The first-order valence-electron chi connectivity index (χ1n) is 8.59. The number of nitrogens with zero attached hydrogens (tertiary/aromatic N) is 1. The summed E-state index contributed by atoms with van der Waals surface area (Å²) in [4.78, 5) is 28.0. The molecule has 0 unspecified atom stereocenters. The number of aromatic nitrogens is 1. The molecule has 0 saturated carbocycles. The Kier molecular flexibility index (Phi) is 5.63. The molecule has 5 nitrogen and oxygen atoms in total. The van der Waals surface area contributed by atoms with Gasteiger partial charge in [-0.25, -0.2) is 4.98 Å². The average Bonchev–Trinajstić information content (AvgIpc) is 3.01. The summed E-state index contributed by atoms with van der Waals surface area (Å²) in [6.45, 7) is 3.81. The molecular formula is C20H21N3O2S. The predicted octanol–water partition coefficient (Wildman–Crippen LogP) is 4.52. The van der Waals surface area contributed by atoms with Crippen LogP contribution in [0.15, 0.2) is 42.5 Å². The Balaban J connectivity index is 1.61. The molecule has 26 heavy (non-hydrogen) atoms. The SMILES string of the molecule is CCC(=O)Nc1nc2ccc(CCC(=O)Nc3cccc(C)c3)cc2s1. The number of carbonyl (C=O) groups excluding carboxylic acids is 2. The number of hydrogen-bond acceptors (Lipinski definition) is 4. The Morgan fingerprint density at radius 1 is 1.08 bits per heavy atom. The molecule has 0 aliphatic carbocycles. The summed E-state index contributed by atoms with van der Waals surface area (Å²) in [7, 11) is 0. The average molecular weight is 367 g/mol. The lowest BCUT2D eigenvalue weighted by molar-refractivity contribution is -0.116. The van der Waals surface area contributed by atoms with Crippen LogP contribution in [0.5, 0.6) is 0 Å². The van der Waals surface area contributed by atoms with Crippen molar-refractivity contribution < 1.29 is 9.59 Å². The van der Waals surface area contributed by atoms with Gasteiger partial charge >= 0.3 is 0 Å². The molecule has 6 heteroatoms. The summed E-state index contributed by atoms with van der Waals surface area (Å²) >= 11 is 1.45. The van der Waals surface area contributed by atoms with Crippen LogP contribution in [0.1, 0.15) is 30.9 Å². The lowest BCUT2D eigenvalue weighted by Crippen LogP contribution is -2.12. The molecule has 0 fully saturated rings. The number of fused-ring (bicyclic) bond motifs is 1. The highest BCUT2D eigenvalue weighted by Crippen LogP contribution is 2.27. The van der Waals surface area contributed by atoms with E-state index in [-0.39, 0.29) is 11.8 Å². The van der Waals surface area contributed by atoms with Crippen molar-refractivity contribution in [1.82, 2.24) is 4.98 Å². The summed E-state index contributed by atoms with van der Waals surface area (Å²) < 4.78 is 1.01. The van der Waals surface area contributed by atoms with Crippen LogP contribution in [0.25, 0.3) is 10.2 Å². The standard InChI is InChI=1S/C20H21N3O2S/c1-3-18(24)23-20-22-16-9-7-14(12-17(16)26-20)8-10-19(25)21-15-6-4-5-13(2)11-15/h4-7,9,11-12H,3,8,10H2,1-2H3,(H,21,25)(H,22,23,24). The highest BCUT2D eigenvalue weighted by atomic mass is 32.1. The van der Waals surface area contributed by atoms with E-state index in [1.165, 1.54) is 11.3 Å². The summed E-state index contributed by atoms with van der Waals surface area (Å²) in [6, 6.07) is 13.7. The van der Waals surface area contributed by atoms with E-state index in [1.807, 2.05) is 56.3 Å². The predicted molar refractivity (Wildman–Crippen MR) is 107 cm³/mol. The van der Waals surface area contributed by atoms with Gasteiger partial charge in [-0.15, -0.1) is 0 Å². The molecule has 3 aromatic rings. The normalized spacial score (nSPS) is 10.7. The van der Waals surface area contributed by atoms with Crippen LogP contribution in [0.4, 0.5) is 10.8 Å². The van der Waals surface area contributed by atoms with Gasteiger partial charge in [0.25, 0.3) is 0 Å². The maximum atomic E-state index is 12.2. The number of anilines is 2. The molecule has 0 atom stereocenters. The second kappa shape index (κ2) is 8.10. The third-order valence-electron chi connectivity index (χ3n) is 3.96. The first-order valence-corrected chi connectivity index (χ1v) is 9.41. The molecule has 0 aliphatic heterocycles. The minimum Gasteiger partial charge on any atom is -0.326 e. The third-order valence-corrected chi connectivity index (χ3v) is 4.90. The molecule has 0 radical (unpaired) electrons. The minimum atomic E-state index is -0.0444. The summed E-state index contributed by atoms with van der Waals surface area (Å²) in [5.74, 6) is -0.0481. The lowest BCUT2D eigenvalue weighted by Gasteiger charge is -2.06. The lowest BCUT2D eigenvalue weighted by atomic mass is 10.1. The highest BCUT2D eigenvalue weighted by Gasteiger charge is 2.08. The van der Waals surface area contributed by atoms with E-state index in [0.717, 1.165) is 27.0 Å². The van der Waals surface area contributed by atoms with Gasteiger partial charge in [-0.05, 0) is 48.7 Å². The fourth-order valence-corrected chi connectivity index (χ4v) is 3.54. The van der Waals surface area contributed by atoms with Crippen molar-refractivity contribution in [2.24, 2.45) is 0 Å². The van der Waals surface area contributed by atoms with Crippen LogP contribution in [0.3, 0.4) is 0 Å². The molecule has 0 saturated heterocycles. The van der Waals surface area contributed by atoms with Gasteiger partial charge in [0.2, 0.25) is 11.8 Å². The second-order valence-corrected chi connectivity index (χ2v) is 7.17. The van der Waals surface area contributed by atoms with Crippen LogP contribution >= 0.6 is 11.3 Å². The molecule has 1 aromatic heterocycles. The largest absolute Gasteiger partial charge is 0.326 e. The summed E-state index contributed by atoms with van der Waals surface area (Å²) in [5.41, 5.74) is 3.87. The molecule has 0 spiro atoms. The maximum absolute atomic E-state index is 12.2. The molecule has 2 aromatic carbocycles. The van der Waals surface area contributed by atoms with Gasteiger partial charge in [0.15, 0.2) is 5.13 Å². The Labute approximate surface area is 156 Å². The Bertz CT molecular complexity index is 949. The first-order chi connectivity index (χ1) is 12.5. The highest BCUT2D eigenvalue weighted by molar-refractivity contribution is 7.22. The molecule has 0 aliphatic rings. The fraction of sp³-hybridized carbons (Fsp3) is 0.250. The quantitative estimate of drug-likeness (QED) is 0.673. The Hall–Kier alpha value is -2.73. The maximum Gasteiger partial charge on any atom is 0.225 e. The number of thiazole rings is 1. The van der Waals surface area contributed by atoms with Crippen LogP contribution in [0, 0.1) is 6.92 Å². The number of benzene rings is 2. The molecule has 134 valence electrons. The van der Waals surface area contributed by atoms with E-state index in [4.69, 9.17) is 0 Å². The van der Waals surface area contributed by atoms with Crippen molar-refractivity contribution in [1.29, 1.82) is 0 Å². The van der Waals surface area contributed by atoms with E-state index in [2.05, 4.69) is 15.6 Å². The topological polar surface area (TPSA) is 71.1 Å². The molecule has 2 N–H and O–H groups in total. The summed E-state index contributed by atoms with van der Waals surface area (Å²) in [5, 5.41) is 6.33. The fourth-order valence-electron chi connectivity index (χ4n) is 2.59. The Morgan fingerprint density at radius 3 is 2.69 bits per heavy atom. The zero-order valence-corrected chi connectivity index (χ0v) is 15.7. The molecule has 3 rings (SSSR count). The van der Waals surface area contributed by atoms with Crippen molar-refractivity contribution in [2.75, 3.05) is 10.6 Å². The van der Waals surface area contributed by atoms with E-state index >= 15 is 0 Å². The zero-order valence-electron chi connectivity index (χ0n) is 14.8. The van der Waals surface area contributed by atoms with Gasteiger partial charge in [0, 0.05) is 18.5 Å². The van der Waals surface area contributed by atoms with E-state index < -0.39 is 0 Å².